The molecule has 0 saturated heterocycles. The molecule has 0 bridgehead atoms. The van der Waals surface area contributed by atoms with E-state index >= 15 is 0 Å². The van der Waals surface area contributed by atoms with Crippen LogP contribution in [0.2, 0.25) is 18.1 Å². The molecule has 0 radical (unpaired) electrons. The summed E-state index contributed by atoms with van der Waals surface area (Å²) in [5.41, 5.74) is 1.18. The van der Waals surface area contributed by atoms with E-state index in [9.17, 15) is 0 Å². The first kappa shape index (κ1) is 25.9. The number of ether oxygens (including phenoxy) is 2. The summed E-state index contributed by atoms with van der Waals surface area (Å²) in [7, 11) is 0.0948. The first-order chi connectivity index (χ1) is 13.3. The van der Waals surface area contributed by atoms with Gasteiger partial charge in [0.25, 0.3) is 0 Å². The van der Waals surface area contributed by atoms with E-state index < -0.39 is 8.32 Å². The second kappa shape index (κ2) is 13.2. The van der Waals surface area contributed by atoms with Gasteiger partial charge >= 0.3 is 0 Å². The van der Waals surface area contributed by atoms with Gasteiger partial charge < -0.3 is 13.9 Å². The van der Waals surface area contributed by atoms with Gasteiger partial charge in [-0.15, -0.1) is 0 Å². The Labute approximate surface area is 188 Å². The topological polar surface area (TPSA) is 27.7 Å². The number of alkyl halides is 1. The molecule has 0 aliphatic rings. The van der Waals surface area contributed by atoms with Gasteiger partial charge in [0.1, 0.15) is 5.75 Å². The minimum absolute atomic E-state index is 0.204. The second-order valence-corrected chi connectivity index (χ2v) is 13.7. The predicted octanol–water partition coefficient (Wildman–Crippen LogP) is 7.09. The minimum Gasteiger partial charge on any atom is -0.497 e. The Kier molecular flexibility index (Phi) is 12.3. The van der Waals surface area contributed by atoms with Crippen molar-refractivity contribution in [3.8, 4) is 5.75 Å². The minimum atomic E-state index is -1.60. The monoisotopic (exact) mass is 520 g/mol. The lowest BCUT2D eigenvalue weighted by atomic mass is 9.93. The van der Waals surface area contributed by atoms with Crippen LogP contribution in [-0.4, -0.2) is 32.1 Å². The van der Waals surface area contributed by atoms with Crippen LogP contribution in [-0.2, 0) is 15.8 Å². The fourth-order valence-electron chi connectivity index (χ4n) is 3.49. The smallest absolute Gasteiger partial charge is 0.192 e. The summed E-state index contributed by atoms with van der Waals surface area (Å²) in [5.74, 6) is 1.92. The van der Waals surface area contributed by atoms with Crippen LogP contribution in [0.15, 0.2) is 24.3 Å². The van der Waals surface area contributed by atoms with Gasteiger partial charge in [-0.25, -0.2) is 0 Å². The van der Waals surface area contributed by atoms with Gasteiger partial charge in [0, 0.05) is 10.5 Å². The number of benzene rings is 1. The van der Waals surface area contributed by atoms with Crippen molar-refractivity contribution in [2.24, 2.45) is 11.8 Å². The molecule has 0 N–H and O–H groups in total. The van der Waals surface area contributed by atoms with Crippen LogP contribution in [0.5, 0.6) is 5.75 Å². The standard InChI is InChI=1S/C23H41IO3Si/c1-8-28(9-2,10-3)27-23(19(5)16-24)15-18(4)20(6)26-17-21-11-13-22(25-7)14-12-21/h11-14,18-20,23H,8-10,15-17H2,1-7H3/t18-,19-,20-,23+/m1/s1. The molecule has 0 aromatic heterocycles. The molecule has 28 heavy (non-hydrogen) atoms. The van der Waals surface area contributed by atoms with Gasteiger partial charge in [-0.1, -0.05) is 69.3 Å². The van der Waals surface area contributed by atoms with E-state index in [1.54, 1.807) is 7.11 Å². The summed E-state index contributed by atoms with van der Waals surface area (Å²) in [6.45, 7) is 14.4. The molecule has 0 unspecified atom stereocenters. The maximum atomic E-state index is 6.91. The lowest BCUT2D eigenvalue weighted by molar-refractivity contribution is -0.00141. The van der Waals surface area contributed by atoms with Crippen molar-refractivity contribution >= 4 is 30.9 Å². The van der Waals surface area contributed by atoms with Crippen LogP contribution in [0.4, 0.5) is 0 Å². The van der Waals surface area contributed by atoms with Crippen molar-refractivity contribution < 1.29 is 13.9 Å². The number of rotatable bonds is 14. The molecule has 4 atom stereocenters. The first-order valence-corrected chi connectivity index (χ1v) is 14.9. The van der Waals surface area contributed by atoms with Gasteiger partial charge in [0.15, 0.2) is 8.32 Å². The summed E-state index contributed by atoms with van der Waals surface area (Å²) < 4.78 is 19.5. The largest absolute Gasteiger partial charge is 0.497 e. The summed E-state index contributed by atoms with van der Waals surface area (Å²) in [5, 5.41) is 0. The van der Waals surface area contributed by atoms with Crippen molar-refractivity contribution in [2.75, 3.05) is 11.5 Å². The van der Waals surface area contributed by atoms with E-state index in [2.05, 4.69) is 76.3 Å². The van der Waals surface area contributed by atoms with E-state index in [4.69, 9.17) is 13.9 Å². The van der Waals surface area contributed by atoms with Gasteiger partial charge in [-0.3, -0.25) is 0 Å². The normalized spacial score (nSPS) is 16.4. The summed E-state index contributed by atoms with van der Waals surface area (Å²) in [4.78, 5) is 0. The van der Waals surface area contributed by atoms with Crippen LogP contribution < -0.4 is 4.74 Å². The fourth-order valence-corrected chi connectivity index (χ4v) is 7.03. The van der Waals surface area contributed by atoms with Gasteiger partial charge in [0.05, 0.1) is 19.8 Å². The molecule has 162 valence electrons. The first-order valence-electron chi connectivity index (χ1n) is 10.8. The van der Waals surface area contributed by atoms with Gasteiger partial charge in [-0.05, 0) is 61.0 Å². The third kappa shape index (κ3) is 7.96. The Hall–Kier alpha value is -0.113. The van der Waals surface area contributed by atoms with Gasteiger partial charge in [0.2, 0.25) is 0 Å². The quantitative estimate of drug-likeness (QED) is 0.149. The maximum absolute atomic E-state index is 6.91. The summed E-state index contributed by atoms with van der Waals surface area (Å²) in [6, 6.07) is 11.8. The second-order valence-electron chi connectivity index (χ2n) is 8.11. The Bertz CT molecular complexity index is 525. The van der Waals surface area contributed by atoms with Gasteiger partial charge in [-0.2, -0.15) is 0 Å². The van der Waals surface area contributed by atoms with Crippen molar-refractivity contribution in [1.82, 2.24) is 0 Å². The highest BCUT2D eigenvalue weighted by Gasteiger charge is 2.34. The predicted molar refractivity (Wildman–Crippen MR) is 131 cm³/mol. The van der Waals surface area contributed by atoms with Crippen molar-refractivity contribution in [1.29, 1.82) is 0 Å². The Morgan fingerprint density at radius 3 is 1.96 bits per heavy atom. The number of halogens is 1. The number of hydrogen-bond acceptors (Lipinski definition) is 3. The fraction of sp³-hybridized carbons (Fsp3) is 0.739. The Morgan fingerprint density at radius 2 is 1.50 bits per heavy atom. The molecule has 1 aromatic rings. The molecule has 1 aromatic carbocycles. The zero-order valence-electron chi connectivity index (χ0n) is 19.0. The van der Waals surface area contributed by atoms with Crippen LogP contribution in [0.25, 0.3) is 0 Å². The zero-order valence-corrected chi connectivity index (χ0v) is 22.1. The van der Waals surface area contributed by atoms with E-state index in [1.165, 1.54) is 23.7 Å². The highest BCUT2D eigenvalue weighted by atomic mass is 127. The molecule has 0 aliphatic carbocycles. The van der Waals surface area contributed by atoms with E-state index in [1.807, 2.05) is 12.1 Å². The molecule has 0 saturated carbocycles. The third-order valence-corrected chi connectivity index (χ3v) is 12.3. The number of hydrogen-bond donors (Lipinski definition) is 0. The average Bonchev–Trinajstić information content (AvgIpc) is 2.74. The summed E-state index contributed by atoms with van der Waals surface area (Å²) in [6.07, 6.45) is 1.61. The SMILES string of the molecule is CC[Si](CC)(CC)O[C@@H](C[C@@H](C)[C@@H](C)OCc1ccc(OC)cc1)[C@H](C)CI. The van der Waals surface area contributed by atoms with E-state index in [0.29, 0.717) is 24.5 Å². The molecule has 3 nitrogen and oxygen atoms in total. The molecule has 0 fully saturated rings. The van der Waals surface area contributed by atoms with Crippen molar-refractivity contribution in [2.45, 2.75) is 84.9 Å². The third-order valence-electron chi connectivity index (χ3n) is 6.29. The molecule has 0 spiro atoms. The van der Waals surface area contributed by atoms with Crippen LogP contribution in [0.1, 0.15) is 53.5 Å². The van der Waals surface area contributed by atoms with E-state index in [-0.39, 0.29) is 6.10 Å². The lowest BCUT2D eigenvalue weighted by Gasteiger charge is -2.37. The van der Waals surface area contributed by atoms with Crippen molar-refractivity contribution in [3.63, 3.8) is 0 Å². The average molecular weight is 521 g/mol. The highest BCUT2D eigenvalue weighted by Crippen LogP contribution is 2.30. The lowest BCUT2D eigenvalue weighted by Crippen LogP contribution is -2.43. The molecule has 0 heterocycles. The molecular weight excluding hydrogens is 479 g/mol. The van der Waals surface area contributed by atoms with Crippen LogP contribution in [0.3, 0.4) is 0 Å². The molecule has 1 rings (SSSR count). The summed E-state index contributed by atoms with van der Waals surface area (Å²) >= 11 is 2.50. The number of methoxy groups -OCH3 is 1. The van der Waals surface area contributed by atoms with Crippen LogP contribution in [0, 0.1) is 11.8 Å². The maximum Gasteiger partial charge on any atom is 0.192 e. The highest BCUT2D eigenvalue weighted by molar-refractivity contribution is 14.1. The molecule has 0 aliphatic heterocycles. The molecule has 0 amide bonds. The molecule has 5 heteroatoms. The van der Waals surface area contributed by atoms with E-state index in [0.717, 1.165) is 16.6 Å². The Balaban J connectivity index is 2.68. The molecular formula is C23H41IO3Si. The van der Waals surface area contributed by atoms with Crippen LogP contribution >= 0.6 is 22.6 Å². The Morgan fingerprint density at radius 1 is 0.929 bits per heavy atom. The zero-order chi connectivity index (χ0) is 21.2. The van der Waals surface area contributed by atoms with Crippen molar-refractivity contribution in [3.05, 3.63) is 29.8 Å².